The van der Waals surface area contributed by atoms with Gasteiger partial charge in [-0.3, -0.25) is 0 Å². The molecule has 3 heteroatoms. The van der Waals surface area contributed by atoms with Crippen molar-refractivity contribution in [2.45, 2.75) is 0 Å². The van der Waals surface area contributed by atoms with E-state index in [-0.39, 0.29) is 6.61 Å². The van der Waals surface area contributed by atoms with Gasteiger partial charge in [-0.05, 0) is 0 Å². The van der Waals surface area contributed by atoms with Crippen LogP contribution in [0, 0.1) is 12.7 Å². The van der Waals surface area contributed by atoms with E-state index in [1.54, 1.807) is 12.8 Å². The Labute approximate surface area is 48.0 Å². The van der Waals surface area contributed by atoms with Crippen molar-refractivity contribution in [3.8, 4) is 0 Å². The van der Waals surface area contributed by atoms with Crippen LogP contribution in [-0.4, -0.2) is 29.2 Å². The van der Waals surface area contributed by atoms with E-state index in [4.69, 9.17) is 5.11 Å². The van der Waals surface area contributed by atoms with Crippen LogP contribution in [0.1, 0.15) is 0 Å². The Kier molecular flexibility index (Phi) is 1.22. The SMILES string of the molecule is C=[N+]1[CH-]C=N[C-]1CO. The molecular weight excluding hydrogens is 104 g/mol. The van der Waals surface area contributed by atoms with Crippen LogP contribution in [0.15, 0.2) is 4.99 Å². The average molecular weight is 111 g/mol. The second-order valence-electron chi connectivity index (χ2n) is 1.47. The molecule has 44 valence electrons. The van der Waals surface area contributed by atoms with Gasteiger partial charge >= 0.3 is 0 Å². The predicted molar refractivity (Wildman–Crippen MR) is 30.5 cm³/mol. The fourth-order valence-corrected chi connectivity index (χ4v) is 0.492. The summed E-state index contributed by atoms with van der Waals surface area (Å²) in [5.74, 6) is 0. The van der Waals surface area contributed by atoms with Crippen molar-refractivity contribution >= 4 is 12.9 Å². The minimum atomic E-state index is -0.0451. The molecule has 0 bridgehead atoms. The Morgan fingerprint density at radius 2 is 2.75 bits per heavy atom. The third-order valence-electron chi connectivity index (χ3n) is 0.943. The summed E-state index contributed by atoms with van der Waals surface area (Å²) in [4.78, 5) is 3.78. The highest BCUT2D eigenvalue weighted by Crippen LogP contribution is 2.07. The molecule has 0 amide bonds. The van der Waals surface area contributed by atoms with Gasteiger partial charge in [0.15, 0.2) is 0 Å². The number of aliphatic hydroxyl groups excluding tert-OH is 1. The third kappa shape index (κ3) is 0.675. The minimum Gasteiger partial charge on any atom is -0.524 e. The lowest BCUT2D eigenvalue weighted by Crippen LogP contribution is -2.10. The van der Waals surface area contributed by atoms with Crippen molar-refractivity contribution in [1.82, 2.24) is 0 Å². The van der Waals surface area contributed by atoms with E-state index in [1.807, 2.05) is 0 Å². The van der Waals surface area contributed by atoms with E-state index in [0.29, 0.717) is 6.17 Å². The zero-order valence-corrected chi connectivity index (χ0v) is 4.41. The number of hydrogen-bond acceptors (Lipinski definition) is 2. The van der Waals surface area contributed by atoms with Gasteiger partial charge in [-0.25, -0.2) is 4.99 Å². The van der Waals surface area contributed by atoms with E-state index < -0.39 is 0 Å². The predicted octanol–water partition coefficient (Wildman–Crippen LogP) is -0.573. The smallest absolute Gasteiger partial charge is 0.105 e. The van der Waals surface area contributed by atoms with Gasteiger partial charge in [0.2, 0.25) is 0 Å². The van der Waals surface area contributed by atoms with Gasteiger partial charge in [-0.1, -0.05) is 6.54 Å². The van der Waals surface area contributed by atoms with Crippen LogP contribution >= 0.6 is 0 Å². The van der Waals surface area contributed by atoms with Crippen molar-refractivity contribution in [2.75, 3.05) is 6.61 Å². The van der Waals surface area contributed by atoms with Crippen LogP contribution in [0.3, 0.4) is 0 Å². The molecule has 3 nitrogen and oxygen atoms in total. The van der Waals surface area contributed by atoms with Gasteiger partial charge in [0.1, 0.15) is 6.17 Å². The Morgan fingerprint density at radius 1 is 2.00 bits per heavy atom. The molecule has 1 heterocycles. The first-order chi connectivity index (χ1) is 3.84. The minimum absolute atomic E-state index is 0.0451. The Bertz CT molecular complexity index is 130. The highest BCUT2D eigenvalue weighted by atomic mass is 16.3. The summed E-state index contributed by atoms with van der Waals surface area (Å²) >= 11 is 0. The van der Waals surface area contributed by atoms with Crippen LogP contribution in [0.25, 0.3) is 0 Å². The summed E-state index contributed by atoms with van der Waals surface area (Å²) in [6, 6.07) is 0. The summed E-state index contributed by atoms with van der Waals surface area (Å²) in [6.45, 7) is 5.19. The lowest BCUT2D eigenvalue weighted by Gasteiger charge is -2.15. The molecule has 0 radical (unpaired) electrons. The van der Waals surface area contributed by atoms with Crippen LogP contribution < -0.4 is 0 Å². The standard InChI is InChI=1S/C5H7N2O/c1-7-3-2-6-5(7)4-8/h2-3,8H,1,4H2/q-1. The van der Waals surface area contributed by atoms with Gasteiger partial charge < -0.3 is 9.68 Å². The second-order valence-corrected chi connectivity index (χ2v) is 1.47. The summed E-state index contributed by atoms with van der Waals surface area (Å²) in [5.41, 5.74) is 0. The molecule has 1 rings (SSSR count). The molecule has 0 aromatic heterocycles. The maximum absolute atomic E-state index is 8.48. The number of aliphatic imine (C=N–C) groups is 1. The molecule has 0 fully saturated rings. The van der Waals surface area contributed by atoms with Gasteiger partial charge in [-0.15, -0.1) is 0 Å². The first-order valence-electron chi connectivity index (χ1n) is 2.28. The van der Waals surface area contributed by atoms with Crippen molar-refractivity contribution in [3.63, 3.8) is 0 Å². The summed E-state index contributed by atoms with van der Waals surface area (Å²) in [5, 5.41) is 8.48. The molecule has 1 N–H and O–H groups in total. The summed E-state index contributed by atoms with van der Waals surface area (Å²) < 4.78 is 1.53. The average Bonchev–Trinajstić information content (AvgIpc) is 2.14. The fraction of sp³-hybridized carbons (Fsp3) is 0.200. The van der Waals surface area contributed by atoms with Crippen LogP contribution in [0.5, 0.6) is 0 Å². The van der Waals surface area contributed by atoms with Gasteiger partial charge in [0, 0.05) is 6.21 Å². The van der Waals surface area contributed by atoms with Crippen molar-refractivity contribution in [3.05, 3.63) is 12.7 Å². The molecule has 0 aromatic rings. The summed E-state index contributed by atoms with van der Waals surface area (Å²) in [7, 11) is 0. The normalized spacial score (nSPS) is 17.1. The Balaban J connectivity index is 2.53. The van der Waals surface area contributed by atoms with E-state index in [2.05, 4.69) is 11.7 Å². The first kappa shape index (κ1) is 5.18. The molecule has 0 saturated heterocycles. The van der Waals surface area contributed by atoms with Crippen molar-refractivity contribution in [1.29, 1.82) is 0 Å². The molecular formula is C5H7N2O-. The lowest BCUT2D eigenvalue weighted by molar-refractivity contribution is -0.450. The number of aliphatic hydroxyl groups is 1. The molecule has 8 heavy (non-hydrogen) atoms. The molecule has 0 saturated carbocycles. The van der Waals surface area contributed by atoms with Gasteiger partial charge in [0.25, 0.3) is 0 Å². The molecule has 0 atom stereocenters. The first-order valence-corrected chi connectivity index (χ1v) is 2.28. The monoisotopic (exact) mass is 111 g/mol. The van der Waals surface area contributed by atoms with Crippen LogP contribution in [-0.2, 0) is 0 Å². The molecule has 0 aliphatic carbocycles. The van der Waals surface area contributed by atoms with E-state index in [1.165, 1.54) is 4.58 Å². The topological polar surface area (TPSA) is 35.6 Å². The third-order valence-corrected chi connectivity index (χ3v) is 0.943. The molecule has 1 aliphatic rings. The van der Waals surface area contributed by atoms with Crippen LogP contribution in [0.2, 0.25) is 0 Å². The summed E-state index contributed by atoms with van der Waals surface area (Å²) in [6.07, 6.45) is 2.18. The Hall–Kier alpha value is -0.960. The molecule has 0 aromatic carbocycles. The van der Waals surface area contributed by atoms with E-state index >= 15 is 0 Å². The maximum atomic E-state index is 8.48. The van der Waals surface area contributed by atoms with Crippen molar-refractivity contribution in [2.24, 2.45) is 4.99 Å². The van der Waals surface area contributed by atoms with Gasteiger partial charge in [0.05, 0.1) is 6.61 Å². The van der Waals surface area contributed by atoms with Gasteiger partial charge in [-0.2, -0.15) is 6.72 Å². The number of nitrogens with zero attached hydrogens (tertiary/aromatic N) is 2. The number of hydrogen-bond donors (Lipinski definition) is 1. The Morgan fingerprint density at radius 3 is 3.00 bits per heavy atom. The van der Waals surface area contributed by atoms with Crippen LogP contribution in [0.4, 0.5) is 0 Å². The quantitative estimate of drug-likeness (QED) is 0.357. The highest BCUT2D eigenvalue weighted by molar-refractivity contribution is 5.68. The maximum Gasteiger partial charge on any atom is 0.105 e. The lowest BCUT2D eigenvalue weighted by atomic mass is 10.5. The molecule has 1 aliphatic heterocycles. The molecule has 0 spiro atoms. The zero-order valence-electron chi connectivity index (χ0n) is 4.41. The zero-order chi connectivity index (χ0) is 5.98. The fourth-order valence-electron chi connectivity index (χ4n) is 0.492. The second kappa shape index (κ2) is 1.88. The van der Waals surface area contributed by atoms with Crippen molar-refractivity contribution < 1.29 is 9.68 Å². The number of rotatable bonds is 1. The largest absolute Gasteiger partial charge is 0.524 e. The van der Waals surface area contributed by atoms with E-state index in [9.17, 15) is 0 Å². The highest BCUT2D eigenvalue weighted by Gasteiger charge is 2.03. The van der Waals surface area contributed by atoms with E-state index in [0.717, 1.165) is 0 Å². The molecule has 0 unspecified atom stereocenters.